The average molecular weight is 275 g/mol. The molecule has 0 bridgehead atoms. The van der Waals surface area contributed by atoms with Crippen molar-refractivity contribution in [2.45, 2.75) is 6.54 Å². The van der Waals surface area contributed by atoms with Crippen LogP contribution in [0.25, 0.3) is 0 Å². The maximum Gasteiger partial charge on any atom is 0.273 e. The van der Waals surface area contributed by atoms with Crippen molar-refractivity contribution in [3.63, 3.8) is 0 Å². The van der Waals surface area contributed by atoms with Crippen molar-refractivity contribution in [1.29, 1.82) is 0 Å². The summed E-state index contributed by atoms with van der Waals surface area (Å²) in [6.07, 6.45) is 0. The Labute approximate surface area is 110 Å². The van der Waals surface area contributed by atoms with Crippen molar-refractivity contribution in [2.75, 3.05) is 26.3 Å². The van der Waals surface area contributed by atoms with E-state index in [0.717, 1.165) is 0 Å². The summed E-state index contributed by atoms with van der Waals surface area (Å²) < 4.78 is 0. The SMILES string of the molecule is O=[N+]([O-])c1ccc(Cl)cc1CN(CCO)CCO. The van der Waals surface area contributed by atoms with Crippen LogP contribution in [-0.4, -0.2) is 46.3 Å². The smallest absolute Gasteiger partial charge is 0.273 e. The zero-order chi connectivity index (χ0) is 13.5. The van der Waals surface area contributed by atoms with Crippen LogP contribution in [0.4, 0.5) is 5.69 Å². The summed E-state index contributed by atoms with van der Waals surface area (Å²) in [4.78, 5) is 12.1. The minimum atomic E-state index is -0.471. The van der Waals surface area contributed by atoms with Gasteiger partial charge in [0.15, 0.2) is 0 Å². The molecule has 0 saturated carbocycles. The number of rotatable bonds is 7. The minimum Gasteiger partial charge on any atom is -0.395 e. The van der Waals surface area contributed by atoms with E-state index in [9.17, 15) is 10.1 Å². The fourth-order valence-corrected chi connectivity index (χ4v) is 1.85. The molecule has 0 heterocycles. The highest BCUT2D eigenvalue weighted by Gasteiger charge is 2.16. The molecule has 0 aliphatic carbocycles. The van der Waals surface area contributed by atoms with Crippen molar-refractivity contribution >= 4 is 17.3 Å². The largest absolute Gasteiger partial charge is 0.395 e. The predicted molar refractivity (Wildman–Crippen MR) is 67.6 cm³/mol. The topological polar surface area (TPSA) is 86.8 Å². The molecule has 7 heteroatoms. The van der Waals surface area contributed by atoms with Gasteiger partial charge in [-0.1, -0.05) is 11.6 Å². The number of nitrogens with zero attached hydrogens (tertiary/aromatic N) is 2. The Balaban J connectivity index is 2.92. The summed E-state index contributed by atoms with van der Waals surface area (Å²) in [5.74, 6) is 0. The molecule has 0 aliphatic heterocycles. The van der Waals surface area contributed by atoms with Gasteiger partial charge in [-0.15, -0.1) is 0 Å². The van der Waals surface area contributed by atoms with Crippen LogP contribution in [0, 0.1) is 10.1 Å². The van der Waals surface area contributed by atoms with Crippen LogP contribution in [0.15, 0.2) is 18.2 Å². The number of benzene rings is 1. The van der Waals surface area contributed by atoms with E-state index < -0.39 is 4.92 Å². The zero-order valence-corrected chi connectivity index (χ0v) is 10.5. The van der Waals surface area contributed by atoms with E-state index in [4.69, 9.17) is 21.8 Å². The molecule has 1 aromatic carbocycles. The van der Waals surface area contributed by atoms with E-state index >= 15 is 0 Å². The van der Waals surface area contributed by atoms with Gasteiger partial charge in [-0.05, 0) is 12.1 Å². The Hall–Kier alpha value is -1.21. The van der Waals surface area contributed by atoms with E-state index in [1.807, 2.05) is 0 Å². The monoisotopic (exact) mass is 274 g/mol. The number of hydrogen-bond donors (Lipinski definition) is 2. The van der Waals surface area contributed by atoms with E-state index in [-0.39, 0.29) is 25.4 Å². The molecular formula is C11H15ClN2O4. The Morgan fingerprint density at radius 3 is 2.39 bits per heavy atom. The molecule has 0 aliphatic rings. The Bertz CT molecular complexity index is 408. The molecule has 0 fully saturated rings. The predicted octanol–water partition coefficient (Wildman–Crippen LogP) is 1.03. The van der Waals surface area contributed by atoms with Crippen LogP contribution < -0.4 is 0 Å². The lowest BCUT2D eigenvalue weighted by molar-refractivity contribution is -0.385. The molecule has 18 heavy (non-hydrogen) atoms. The molecule has 100 valence electrons. The Morgan fingerprint density at radius 1 is 1.28 bits per heavy atom. The van der Waals surface area contributed by atoms with Gasteiger partial charge >= 0.3 is 0 Å². The second kappa shape index (κ2) is 7.27. The van der Waals surface area contributed by atoms with Gasteiger partial charge in [0, 0.05) is 36.3 Å². The highest BCUT2D eigenvalue weighted by Crippen LogP contribution is 2.23. The first-order chi connectivity index (χ1) is 8.58. The van der Waals surface area contributed by atoms with Crippen LogP contribution in [0.2, 0.25) is 5.02 Å². The molecule has 2 N–H and O–H groups in total. The first-order valence-corrected chi connectivity index (χ1v) is 5.83. The first kappa shape index (κ1) is 14.8. The van der Waals surface area contributed by atoms with E-state index in [1.165, 1.54) is 18.2 Å². The third kappa shape index (κ3) is 4.23. The second-order valence-corrected chi connectivity index (χ2v) is 4.19. The summed E-state index contributed by atoms with van der Waals surface area (Å²) in [5.41, 5.74) is 0.453. The standard InChI is InChI=1S/C11H15ClN2O4/c12-10-1-2-11(14(17)18)9(7-10)8-13(3-5-15)4-6-16/h1-2,7,15-16H,3-6,8H2. The van der Waals surface area contributed by atoms with Crippen molar-refractivity contribution in [3.05, 3.63) is 38.9 Å². The van der Waals surface area contributed by atoms with E-state index in [2.05, 4.69) is 0 Å². The molecule has 0 radical (unpaired) electrons. The highest BCUT2D eigenvalue weighted by atomic mass is 35.5. The summed E-state index contributed by atoms with van der Waals surface area (Å²) >= 11 is 5.82. The number of nitro benzene ring substituents is 1. The summed E-state index contributed by atoms with van der Waals surface area (Å²) in [7, 11) is 0. The van der Waals surface area contributed by atoms with Crippen LogP contribution in [0.1, 0.15) is 5.56 Å². The van der Waals surface area contributed by atoms with Crippen LogP contribution in [0.5, 0.6) is 0 Å². The van der Waals surface area contributed by atoms with Crippen LogP contribution >= 0.6 is 11.6 Å². The fraction of sp³-hybridized carbons (Fsp3) is 0.455. The van der Waals surface area contributed by atoms with Gasteiger partial charge in [0.2, 0.25) is 0 Å². The second-order valence-electron chi connectivity index (χ2n) is 3.75. The summed E-state index contributed by atoms with van der Waals surface area (Å²) in [6.45, 7) is 0.787. The molecular weight excluding hydrogens is 260 g/mol. The van der Waals surface area contributed by atoms with Gasteiger partial charge in [0.1, 0.15) is 0 Å². The maximum atomic E-state index is 10.9. The molecule has 1 rings (SSSR count). The molecule has 0 amide bonds. The Morgan fingerprint density at radius 2 is 1.89 bits per heavy atom. The molecule has 0 atom stereocenters. The quantitative estimate of drug-likeness (QED) is 0.573. The van der Waals surface area contributed by atoms with Gasteiger partial charge in [-0.25, -0.2) is 0 Å². The van der Waals surface area contributed by atoms with Crippen molar-refractivity contribution in [1.82, 2.24) is 4.90 Å². The van der Waals surface area contributed by atoms with Crippen molar-refractivity contribution < 1.29 is 15.1 Å². The maximum absolute atomic E-state index is 10.9. The summed E-state index contributed by atoms with van der Waals surface area (Å²) in [5, 5.41) is 29.1. The number of nitro groups is 1. The fourth-order valence-electron chi connectivity index (χ4n) is 1.65. The van der Waals surface area contributed by atoms with Gasteiger partial charge in [-0.3, -0.25) is 15.0 Å². The molecule has 6 nitrogen and oxygen atoms in total. The minimum absolute atomic E-state index is 0.0136. The molecule has 0 saturated heterocycles. The molecule has 0 aromatic heterocycles. The summed E-state index contributed by atoms with van der Waals surface area (Å²) in [6, 6.07) is 4.35. The zero-order valence-electron chi connectivity index (χ0n) is 9.75. The molecule has 0 unspecified atom stereocenters. The number of hydrogen-bond acceptors (Lipinski definition) is 5. The van der Waals surface area contributed by atoms with Crippen LogP contribution in [-0.2, 0) is 6.54 Å². The van der Waals surface area contributed by atoms with Gasteiger partial charge in [-0.2, -0.15) is 0 Å². The molecule has 0 spiro atoms. The Kier molecular flexibility index (Phi) is 6.00. The van der Waals surface area contributed by atoms with Crippen LogP contribution in [0.3, 0.4) is 0 Å². The third-order valence-corrected chi connectivity index (χ3v) is 2.70. The van der Waals surface area contributed by atoms with E-state index in [1.54, 1.807) is 4.90 Å². The van der Waals surface area contributed by atoms with Crippen molar-refractivity contribution in [3.8, 4) is 0 Å². The number of aliphatic hydroxyl groups is 2. The van der Waals surface area contributed by atoms with Crippen molar-refractivity contribution in [2.24, 2.45) is 0 Å². The van der Waals surface area contributed by atoms with E-state index in [0.29, 0.717) is 23.7 Å². The normalized spacial score (nSPS) is 10.9. The van der Waals surface area contributed by atoms with Gasteiger partial charge < -0.3 is 10.2 Å². The number of aliphatic hydroxyl groups excluding tert-OH is 2. The lowest BCUT2D eigenvalue weighted by atomic mass is 10.1. The first-order valence-electron chi connectivity index (χ1n) is 5.45. The highest BCUT2D eigenvalue weighted by molar-refractivity contribution is 6.30. The molecule has 1 aromatic rings. The van der Waals surface area contributed by atoms with Gasteiger partial charge in [0.25, 0.3) is 5.69 Å². The number of halogens is 1. The third-order valence-electron chi connectivity index (χ3n) is 2.46. The van der Waals surface area contributed by atoms with Gasteiger partial charge in [0.05, 0.1) is 18.1 Å². The lowest BCUT2D eigenvalue weighted by Gasteiger charge is -2.20. The lowest BCUT2D eigenvalue weighted by Crippen LogP contribution is -2.29. The average Bonchev–Trinajstić information content (AvgIpc) is 2.29.